The lowest BCUT2D eigenvalue weighted by atomic mass is 10.1. The van der Waals surface area contributed by atoms with E-state index in [4.69, 9.17) is 14.2 Å². The van der Waals surface area contributed by atoms with Gasteiger partial charge in [-0.3, -0.25) is 4.79 Å². The maximum atomic E-state index is 13.2. The van der Waals surface area contributed by atoms with E-state index in [2.05, 4.69) is 10.2 Å². The molecule has 2 aliphatic rings. The normalized spacial score (nSPS) is 17.6. The summed E-state index contributed by atoms with van der Waals surface area (Å²) < 4.78 is 43.9. The van der Waals surface area contributed by atoms with Crippen molar-refractivity contribution in [2.45, 2.75) is 11.8 Å². The fourth-order valence-corrected chi connectivity index (χ4v) is 5.38. The van der Waals surface area contributed by atoms with Crippen molar-refractivity contribution >= 4 is 27.3 Å². The number of hydrogen-bond donors (Lipinski definition) is 1. The molecule has 4 rings (SSSR count). The number of hydrogen-bond acceptors (Lipinski definition) is 7. The monoisotopic (exact) mass is 475 g/mol. The molecule has 9 nitrogen and oxygen atoms in total. The number of nitrogens with one attached hydrogen (secondary N) is 1. The van der Waals surface area contributed by atoms with E-state index >= 15 is 0 Å². The minimum absolute atomic E-state index is 0.137. The second-order valence-electron chi connectivity index (χ2n) is 7.93. The Hall–Kier alpha value is -2.66. The number of sulfonamides is 1. The van der Waals surface area contributed by atoms with Gasteiger partial charge in [-0.25, -0.2) is 8.42 Å². The summed E-state index contributed by atoms with van der Waals surface area (Å²) in [5.74, 6) is 0.267. The smallest absolute Gasteiger partial charge is 0.255 e. The molecule has 0 radical (unpaired) electrons. The van der Waals surface area contributed by atoms with E-state index in [9.17, 15) is 13.2 Å². The third-order valence-electron chi connectivity index (χ3n) is 5.85. The molecule has 0 saturated carbocycles. The lowest BCUT2D eigenvalue weighted by molar-refractivity contribution is 0.0730. The molecule has 2 fully saturated rings. The second-order valence-corrected chi connectivity index (χ2v) is 9.87. The van der Waals surface area contributed by atoms with Gasteiger partial charge in [0.1, 0.15) is 5.75 Å². The van der Waals surface area contributed by atoms with Crippen LogP contribution in [0.25, 0.3) is 0 Å². The van der Waals surface area contributed by atoms with Crippen LogP contribution in [0, 0.1) is 6.92 Å². The number of morpholine rings is 2. The molecule has 0 aromatic heterocycles. The van der Waals surface area contributed by atoms with Crippen molar-refractivity contribution in [3.8, 4) is 5.75 Å². The van der Waals surface area contributed by atoms with E-state index in [1.165, 1.54) is 4.31 Å². The lowest BCUT2D eigenvalue weighted by Crippen LogP contribution is -2.40. The molecular weight excluding hydrogens is 446 g/mol. The highest BCUT2D eigenvalue weighted by Crippen LogP contribution is 2.32. The Morgan fingerprint density at radius 2 is 1.64 bits per heavy atom. The summed E-state index contributed by atoms with van der Waals surface area (Å²) in [4.78, 5) is 15.3. The van der Waals surface area contributed by atoms with E-state index in [1.54, 1.807) is 37.4 Å². The average Bonchev–Trinajstić information content (AvgIpc) is 2.85. The predicted molar refractivity (Wildman–Crippen MR) is 125 cm³/mol. The first kappa shape index (κ1) is 23.5. The molecule has 2 aliphatic heterocycles. The molecule has 1 amide bonds. The van der Waals surface area contributed by atoms with E-state index in [0.717, 1.165) is 11.3 Å². The zero-order valence-electron chi connectivity index (χ0n) is 18.9. The molecule has 0 aliphatic carbocycles. The first-order valence-electron chi connectivity index (χ1n) is 10.9. The van der Waals surface area contributed by atoms with Crippen LogP contribution in [0.4, 0.5) is 11.4 Å². The molecule has 2 aromatic rings. The first-order valence-corrected chi connectivity index (χ1v) is 12.3. The molecule has 0 unspecified atom stereocenters. The molecule has 10 heteroatoms. The molecule has 0 bridgehead atoms. The average molecular weight is 476 g/mol. The molecule has 2 heterocycles. The van der Waals surface area contributed by atoms with E-state index in [0.29, 0.717) is 69.6 Å². The quantitative estimate of drug-likeness (QED) is 0.683. The molecule has 0 atom stereocenters. The third-order valence-corrected chi connectivity index (χ3v) is 7.74. The van der Waals surface area contributed by atoms with Crippen LogP contribution in [0.1, 0.15) is 15.9 Å². The number of aryl methyl sites for hydroxylation is 1. The molecule has 0 spiro atoms. The Balaban J connectivity index is 1.68. The molecule has 33 heavy (non-hydrogen) atoms. The standard InChI is InChI=1S/C23H29N3O6S/c1-17-3-4-18(15-22(17)30-2)23(27)24-20-16-19(33(28,29)26-9-13-32-14-10-26)5-6-21(20)25-7-11-31-12-8-25/h3-6,15-16H,7-14H2,1-2H3,(H,24,27). The van der Waals surface area contributed by atoms with Gasteiger partial charge in [-0.15, -0.1) is 0 Å². The number of carbonyl (C=O) groups is 1. The fraction of sp³-hybridized carbons (Fsp3) is 0.435. The largest absolute Gasteiger partial charge is 0.496 e. The minimum Gasteiger partial charge on any atom is -0.496 e. The highest BCUT2D eigenvalue weighted by molar-refractivity contribution is 7.89. The SMILES string of the molecule is COc1cc(C(=O)Nc2cc(S(=O)(=O)N3CCOCC3)ccc2N2CCOCC2)ccc1C. The van der Waals surface area contributed by atoms with Crippen molar-refractivity contribution in [1.29, 1.82) is 0 Å². The number of carbonyl (C=O) groups excluding carboxylic acids is 1. The van der Waals surface area contributed by atoms with Gasteiger partial charge in [-0.1, -0.05) is 6.07 Å². The van der Waals surface area contributed by atoms with Crippen LogP contribution in [-0.4, -0.2) is 78.3 Å². The van der Waals surface area contributed by atoms with Crippen molar-refractivity contribution in [1.82, 2.24) is 4.31 Å². The van der Waals surface area contributed by atoms with Gasteiger partial charge in [0.2, 0.25) is 10.0 Å². The molecule has 2 saturated heterocycles. The van der Waals surface area contributed by atoms with Crippen molar-refractivity contribution < 1.29 is 27.4 Å². The van der Waals surface area contributed by atoms with Gasteiger partial charge in [0.15, 0.2) is 0 Å². The molecule has 178 valence electrons. The molecule has 1 N–H and O–H groups in total. The summed E-state index contributed by atoms with van der Waals surface area (Å²) >= 11 is 0. The maximum absolute atomic E-state index is 13.2. The summed E-state index contributed by atoms with van der Waals surface area (Å²) in [7, 11) is -2.15. The highest BCUT2D eigenvalue weighted by Gasteiger charge is 2.28. The summed E-state index contributed by atoms with van der Waals surface area (Å²) in [6.07, 6.45) is 0. The number of rotatable bonds is 6. The van der Waals surface area contributed by atoms with Gasteiger partial charge in [-0.05, 0) is 42.8 Å². The summed E-state index contributed by atoms with van der Waals surface area (Å²) in [6.45, 7) is 5.67. The van der Waals surface area contributed by atoms with E-state index in [1.807, 2.05) is 13.0 Å². The number of ether oxygens (including phenoxy) is 3. The number of benzene rings is 2. The van der Waals surface area contributed by atoms with Gasteiger partial charge in [0.05, 0.1) is 49.8 Å². The van der Waals surface area contributed by atoms with Gasteiger partial charge in [-0.2, -0.15) is 4.31 Å². The maximum Gasteiger partial charge on any atom is 0.255 e. The summed E-state index contributed by atoms with van der Waals surface area (Å²) in [5, 5.41) is 2.93. The van der Waals surface area contributed by atoms with Gasteiger partial charge in [0.25, 0.3) is 5.91 Å². The van der Waals surface area contributed by atoms with E-state index < -0.39 is 10.0 Å². The zero-order chi connectivity index (χ0) is 23.4. The van der Waals surface area contributed by atoms with Crippen LogP contribution < -0.4 is 15.0 Å². The Morgan fingerprint density at radius 1 is 0.970 bits per heavy atom. The molecular formula is C23H29N3O6S. The van der Waals surface area contributed by atoms with Gasteiger partial charge < -0.3 is 24.4 Å². The van der Waals surface area contributed by atoms with Crippen LogP contribution in [0.5, 0.6) is 5.75 Å². The lowest BCUT2D eigenvalue weighted by Gasteiger charge is -2.31. The third kappa shape index (κ3) is 5.14. The van der Waals surface area contributed by atoms with Crippen molar-refractivity contribution in [3.05, 3.63) is 47.5 Å². The van der Waals surface area contributed by atoms with Crippen LogP contribution in [-0.2, 0) is 19.5 Å². The van der Waals surface area contributed by atoms with Crippen LogP contribution in [0.3, 0.4) is 0 Å². The number of amides is 1. The number of nitrogens with zero attached hydrogens (tertiary/aromatic N) is 2. The van der Waals surface area contributed by atoms with Gasteiger partial charge in [0, 0.05) is 31.7 Å². The van der Waals surface area contributed by atoms with Crippen molar-refractivity contribution in [2.24, 2.45) is 0 Å². The van der Waals surface area contributed by atoms with Crippen molar-refractivity contribution in [2.75, 3.05) is 69.9 Å². The number of methoxy groups -OCH3 is 1. The molecule has 2 aromatic carbocycles. The Labute approximate surface area is 194 Å². The van der Waals surface area contributed by atoms with Crippen LogP contribution >= 0.6 is 0 Å². The second kappa shape index (κ2) is 10.1. The summed E-state index contributed by atoms with van der Waals surface area (Å²) in [6, 6.07) is 10.1. The number of anilines is 2. The fourth-order valence-electron chi connectivity index (χ4n) is 3.95. The Bertz CT molecular complexity index is 1110. The summed E-state index contributed by atoms with van der Waals surface area (Å²) in [5.41, 5.74) is 2.54. The van der Waals surface area contributed by atoms with Crippen LogP contribution in [0.2, 0.25) is 0 Å². The first-order chi connectivity index (χ1) is 15.9. The van der Waals surface area contributed by atoms with Crippen LogP contribution in [0.15, 0.2) is 41.3 Å². The Kier molecular flexibility index (Phi) is 7.18. The topological polar surface area (TPSA) is 97.4 Å². The Morgan fingerprint density at radius 3 is 2.30 bits per heavy atom. The van der Waals surface area contributed by atoms with Gasteiger partial charge >= 0.3 is 0 Å². The predicted octanol–water partition coefficient (Wildman–Crippen LogP) is 2.11. The van der Waals surface area contributed by atoms with Crippen molar-refractivity contribution in [3.63, 3.8) is 0 Å². The zero-order valence-corrected chi connectivity index (χ0v) is 19.7. The minimum atomic E-state index is -3.71. The highest BCUT2D eigenvalue weighted by atomic mass is 32.2. The van der Waals surface area contributed by atoms with E-state index in [-0.39, 0.29) is 10.8 Å².